The quantitative estimate of drug-likeness (QED) is 0.281. The summed E-state index contributed by atoms with van der Waals surface area (Å²) in [4.78, 5) is 14.1. The summed E-state index contributed by atoms with van der Waals surface area (Å²) in [6.45, 7) is 0. The number of hydrazine groups is 1. The van der Waals surface area contributed by atoms with Crippen LogP contribution in [0.1, 0.15) is 33.7 Å². The molecule has 166 valence electrons. The van der Waals surface area contributed by atoms with Crippen LogP contribution in [-0.2, 0) is 12.2 Å². The fourth-order valence-electron chi connectivity index (χ4n) is 3.57. The fraction of sp³-hybridized carbons (Fsp3) is 0.136. The highest BCUT2D eigenvalue weighted by Crippen LogP contribution is 2.26. The molecule has 10 nitrogen and oxygen atoms in total. The molecule has 0 radical (unpaired) electrons. The predicted octanol–water partition coefficient (Wildman–Crippen LogP) is 2.75. The zero-order chi connectivity index (χ0) is 22.6. The molecule has 0 atom stereocenters. The molecule has 0 saturated heterocycles. The van der Waals surface area contributed by atoms with Crippen LogP contribution < -0.4 is 16.6 Å². The summed E-state index contributed by atoms with van der Waals surface area (Å²) >= 11 is 1.53. The monoisotopic (exact) mass is 460 g/mol. The van der Waals surface area contributed by atoms with Gasteiger partial charge in [0.25, 0.3) is 5.91 Å². The van der Waals surface area contributed by atoms with E-state index in [2.05, 4.69) is 43.6 Å². The second-order valence-electron chi connectivity index (χ2n) is 7.26. The van der Waals surface area contributed by atoms with Crippen LogP contribution in [0.15, 0.2) is 70.2 Å². The summed E-state index contributed by atoms with van der Waals surface area (Å²) in [6, 6.07) is 17.9. The van der Waals surface area contributed by atoms with E-state index in [-0.39, 0.29) is 17.3 Å². The molecule has 2 heterocycles. The van der Waals surface area contributed by atoms with Gasteiger partial charge in [0.15, 0.2) is 5.69 Å². The van der Waals surface area contributed by atoms with Crippen LogP contribution in [0.5, 0.6) is 0 Å². The highest BCUT2D eigenvalue weighted by molar-refractivity contribution is 7.98. The molecule has 1 aliphatic carbocycles. The Morgan fingerprint density at radius 3 is 2.76 bits per heavy atom. The summed E-state index contributed by atoms with van der Waals surface area (Å²) in [7, 11) is 0. The van der Waals surface area contributed by atoms with Crippen molar-refractivity contribution in [2.45, 2.75) is 23.5 Å². The first-order valence-corrected chi connectivity index (χ1v) is 11.2. The summed E-state index contributed by atoms with van der Waals surface area (Å²) in [5.41, 5.74) is 15.5. The van der Waals surface area contributed by atoms with E-state index in [1.807, 2.05) is 48.5 Å². The minimum absolute atomic E-state index is 0.0555. The molecule has 0 bridgehead atoms. The van der Waals surface area contributed by atoms with Gasteiger partial charge in [-0.05, 0) is 40.9 Å². The van der Waals surface area contributed by atoms with E-state index in [1.54, 1.807) is 0 Å². The number of fused-ring (bicyclic) bond motifs is 1. The zero-order valence-electron chi connectivity index (χ0n) is 17.4. The molecule has 1 amide bonds. The Labute approximate surface area is 193 Å². The first kappa shape index (κ1) is 20.8. The average molecular weight is 461 g/mol. The van der Waals surface area contributed by atoms with E-state index in [0.717, 1.165) is 29.0 Å². The second kappa shape index (κ2) is 9.17. The SMILES string of the molecule is Nc1nonc1-n1nnc(C(=O)NNC2=CCCc3ccccc32)c1CSc1ccccc1. The van der Waals surface area contributed by atoms with Crippen molar-refractivity contribution < 1.29 is 9.42 Å². The molecule has 0 aliphatic heterocycles. The van der Waals surface area contributed by atoms with Crippen LogP contribution in [0.25, 0.3) is 11.5 Å². The van der Waals surface area contributed by atoms with Crippen LogP contribution in [0.4, 0.5) is 5.82 Å². The number of thioether (sulfide) groups is 1. The Balaban J connectivity index is 1.39. The van der Waals surface area contributed by atoms with E-state index in [9.17, 15) is 4.79 Å². The molecule has 0 spiro atoms. The summed E-state index contributed by atoms with van der Waals surface area (Å²) in [6.07, 6.45) is 3.92. The maximum atomic E-state index is 13.1. The van der Waals surface area contributed by atoms with Gasteiger partial charge in [0.05, 0.1) is 11.4 Å². The number of hydrogen-bond acceptors (Lipinski definition) is 9. The normalized spacial score (nSPS) is 12.7. The van der Waals surface area contributed by atoms with Crippen molar-refractivity contribution in [2.24, 2.45) is 0 Å². The van der Waals surface area contributed by atoms with Crippen molar-refractivity contribution in [3.8, 4) is 5.82 Å². The maximum Gasteiger partial charge on any atom is 0.292 e. The highest BCUT2D eigenvalue weighted by atomic mass is 32.2. The highest BCUT2D eigenvalue weighted by Gasteiger charge is 2.24. The van der Waals surface area contributed by atoms with Gasteiger partial charge in [-0.3, -0.25) is 15.6 Å². The number of hydrogen-bond donors (Lipinski definition) is 3. The van der Waals surface area contributed by atoms with E-state index in [4.69, 9.17) is 10.4 Å². The number of aryl methyl sites for hydroxylation is 1. The number of nitrogens with one attached hydrogen (secondary N) is 2. The Kier molecular flexibility index (Phi) is 5.77. The zero-order valence-corrected chi connectivity index (χ0v) is 18.2. The molecular weight excluding hydrogens is 440 g/mol. The number of nitrogen functional groups attached to an aromatic ring is 1. The van der Waals surface area contributed by atoms with Crippen LogP contribution >= 0.6 is 11.8 Å². The van der Waals surface area contributed by atoms with Gasteiger partial charge in [-0.2, -0.15) is 4.68 Å². The molecule has 0 unspecified atom stereocenters. The molecule has 4 aromatic rings. The number of nitrogens with zero attached hydrogens (tertiary/aromatic N) is 5. The van der Waals surface area contributed by atoms with Crippen molar-refractivity contribution in [3.05, 3.63) is 83.2 Å². The number of anilines is 1. The molecule has 1 aliphatic rings. The first-order valence-electron chi connectivity index (χ1n) is 10.3. The molecule has 33 heavy (non-hydrogen) atoms. The van der Waals surface area contributed by atoms with E-state index < -0.39 is 5.91 Å². The molecular formula is C22H20N8O2S. The fourth-order valence-corrected chi connectivity index (χ4v) is 4.48. The van der Waals surface area contributed by atoms with Gasteiger partial charge in [0.1, 0.15) is 0 Å². The van der Waals surface area contributed by atoms with E-state index >= 15 is 0 Å². The second-order valence-corrected chi connectivity index (χ2v) is 8.31. The number of nitrogens with two attached hydrogens (primary N) is 1. The smallest absolute Gasteiger partial charge is 0.292 e. The maximum absolute atomic E-state index is 13.1. The van der Waals surface area contributed by atoms with Gasteiger partial charge in [-0.15, -0.1) is 16.9 Å². The first-order chi connectivity index (χ1) is 16.2. The Hall–Kier alpha value is -4.12. The molecule has 2 aromatic heterocycles. The number of carbonyl (C=O) groups is 1. The minimum Gasteiger partial charge on any atom is -0.378 e. The number of benzene rings is 2. The summed E-state index contributed by atoms with van der Waals surface area (Å²) in [5.74, 6) is 0.211. The number of allylic oxidation sites excluding steroid dienone is 1. The third-order valence-corrected chi connectivity index (χ3v) is 6.20. The lowest BCUT2D eigenvalue weighted by molar-refractivity contribution is 0.0936. The molecule has 0 fully saturated rings. The van der Waals surface area contributed by atoms with Crippen molar-refractivity contribution in [1.82, 2.24) is 36.2 Å². The lowest BCUT2D eigenvalue weighted by atomic mass is 9.95. The van der Waals surface area contributed by atoms with E-state index in [0.29, 0.717) is 11.4 Å². The largest absolute Gasteiger partial charge is 0.378 e. The predicted molar refractivity (Wildman–Crippen MR) is 123 cm³/mol. The van der Waals surface area contributed by atoms with Crippen molar-refractivity contribution in [2.75, 3.05) is 5.73 Å². The summed E-state index contributed by atoms with van der Waals surface area (Å²) in [5, 5.41) is 15.6. The number of rotatable bonds is 7. The summed E-state index contributed by atoms with van der Waals surface area (Å²) < 4.78 is 6.09. The Morgan fingerprint density at radius 1 is 1.12 bits per heavy atom. The molecule has 5 rings (SSSR count). The van der Waals surface area contributed by atoms with Crippen molar-refractivity contribution in [1.29, 1.82) is 0 Å². The third kappa shape index (κ3) is 4.30. The van der Waals surface area contributed by atoms with Gasteiger partial charge in [0.2, 0.25) is 11.6 Å². The van der Waals surface area contributed by atoms with Crippen LogP contribution in [0.3, 0.4) is 0 Å². The minimum atomic E-state index is -0.427. The molecule has 2 aromatic carbocycles. The van der Waals surface area contributed by atoms with Gasteiger partial charge < -0.3 is 5.73 Å². The lowest BCUT2D eigenvalue weighted by Gasteiger charge is -2.19. The third-order valence-electron chi connectivity index (χ3n) is 5.17. The molecule has 0 saturated carbocycles. The number of aromatic nitrogens is 5. The van der Waals surface area contributed by atoms with E-state index in [1.165, 1.54) is 22.0 Å². The van der Waals surface area contributed by atoms with Crippen LogP contribution in [0.2, 0.25) is 0 Å². The lowest BCUT2D eigenvalue weighted by Crippen LogP contribution is -2.37. The van der Waals surface area contributed by atoms with Gasteiger partial charge in [-0.1, -0.05) is 53.8 Å². The van der Waals surface area contributed by atoms with Crippen molar-refractivity contribution in [3.63, 3.8) is 0 Å². The van der Waals surface area contributed by atoms with Crippen LogP contribution in [0, 0.1) is 0 Å². The molecule has 4 N–H and O–H groups in total. The molecule has 11 heteroatoms. The van der Waals surface area contributed by atoms with Gasteiger partial charge >= 0.3 is 0 Å². The Morgan fingerprint density at radius 2 is 1.94 bits per heavy atom. The van der Waals surface area contributed by atoms with Gasteiger partial charge in [-0.25, -0.2) is 4.63 Å². The van der Waals surface area contributed by atoms with Crippen LogP contribution in [-0.4, -0.2) is 31.2 Å². The standard InChI is InChI=1S/C22H20N8O2S/c23-20-21(28-32-27-20)30-18(13-33-15-9-2-1-3-10-15)19(25-29-30)22(31)26-24-17-12-6-8-14-7-4-5-11-16(14)17/h1-5,7,9-12,24H,6,8,13H2,(H2,23,27)(H,26,31). The topological polar surface area (TPSA) is 137 Å². The van der Waals surface area contributed by atoms with Gasteiger partial charge in [0, 0.05) is 16.2 Å². The average Bonchev–Trinajstić information content (AvgIpc) is 3.47. The number of amides is 1. The number of carbonyl (C=O) groups excluding carboxylic acids is 1. The Bertz CT molecular complexity index is 1310. The van der Waals surface area contributed by atoms with Crippen molar-refractivity contribution >= 4 is 29.2 Å².